The standard InChI is InChI=1S/C15H20O2/c1-2-15(16)17-14-10-8-13(9-11-14)12-6-4-3-5-7-12/h8-12H,2-7H2,1H3. The Balaban J connectivity index is 1.99. The van der Waals surface area contributed by atoms with Crippen LogP contribution in [-0.4, -0.2) is 5.97 Å². The third kappa shape index (κ3) is 3.32. The molecule has 0 aliphatic heterocycles. The molecular formula is C15H20O2. The fourth-order valence-electron chi connectivity index (χ4n) is 2.45. The summed E-state index contributed by atoms with van der Waals surface area (Å²) in [7, 11) is 0. The predicted molar refractivity (Wildman–Crippen MR) is 68.2 cm³/mol. The van der Waals surface area contributed by atoms with Crippen LogP contribution < -0.4 is 4.74 Å². The van der Waals surface area contributed by atoms with Crippen LogP contribution in [0.5, 0.6) is 5.75 Å². The number of hydrogen-bond acceptors (Lipinski definition) is 2. The highest BCUT2D eigenvalue weighted by Crippen LogP contribution is 2.33. The molecule has 17 heavy (non-hydrogen) atoms. The molecule has 0 amide bonds. The van der Waals surface area contributed by atoms with Gasteiger partial charge in [-0.25, -0.2) is 0 Å². The Hall–Kier alpha value is -1.31. The van der Waals surface area contributed by atoms with Crippen LogP contribution in [0.3, 0.4) is 0 Å². The van der Waals surface area contributed by atoms with E-state index >= 15 is 0 Å². The second-order valence-electron chi connectivity index (χ2n) is 4.73. The molecule has 0 aromatic heterocycles. The van der Waals surface area contributed by atoms with Crippen LogP contribution in [0.15, 0.2) is 24.3 Å². The molecule has 1 saturated carbocycles. The topological polar surface area (TPSA) is 26.3 Å². The zero-order valence-corrected chi connectivity index (χ0v) is 10.4. The maximum absolute atomic E-state index is 11.1. The molecule has 1 fully saturated rings. The molecule has 0 spiro atoms. The molecular weight excluding hydrogens is 212 g/mol. The van der Waals surface area contributed by atoms with Gasteiger partial charge in [-0.05, 0) is 36.5 Å². The zero-order chi connectivity index (χ0) is 12.1. The van der Waals surface area contributed by atoms with Gasteiger partial charge in [-0.3, -0.25) is 4.79 Å². The Bertz CT molecular complexity index is 361. The Morgan fingerprint density at radius 2 is 1.82 bits per heavy atom. The van der Waals surface area contributed by atoms with Crippen molar-refractivity contribution in [3.63, 3.8) is 0 Å². The minimum atomic E-state index is -0.171. The lowest BCUT2D eigenvalue weighted by atomic mass is 9.84. The van der Waals surface area contributed by atoms with Gasteiger partial charge >= 0.3 is 5.97 Å². The van der Waals surface area contributed by atoms with Crippen LogP contribution in [0.1, 0.15) is 56.9 Å². The Morgan fingerprint density at radius 3 is 2.41 bits per heavy atom. The van der Waals surface area contributed by atoms with E-state index in [0.29, 0.717) is 18.1 Å². The fourth-order valence-corrected chi connectivity index (χ4v) is 2.45. The molecule has 1 aliphatic rings. The van der Waals surface area contributed by atoms with E-state index in [9.17, 15) is 4.79 Å². The van der Waals surface area contributed by atoms with E-state index < -0.39 is 0 Å². The molecule has 92 valence electrons. The van der Waals surface area contributed by atoms with Gasteiger partial charge in [0.15, 0.2) is 0 Å². The summed E-state index contributed by atoms with van der Waals surface area (Å²) in [5, 5.41) is 0. The Labute approximate surface area is 103 Å². The number of carbonyl (C=O) groups is 1. The molecule has 0 radical (unpaired) electrons. The highest BCUT2D eigenvalue weighted by atomic mass is 16.5. The van der Waals surface area contributed by atoms with Gasteiger partial charge in [0.05, 0.1) is 0 Å². The Kier molecular flexibility index (Phi) is 4.18. The first-order chi connectivity index (χ1) is 8.29. The predicted octanol–water partition coefficient (Wildman–Crippen LogP) is 4.05. The van der Waals surface area contributed by atoms with E-state index in [4.69, 9.17) is 4.74 Å². The van der Waals surface area contributed by atoms with Gasteiger partial charge in [-0.2, -0.15) is 0 Å². The molecule has 0 unspecified atom stereocenters. The van der Waals surface area contributed by atoms with Gasteiger partial charge < -0.3 is 4.74 Å². The molecule has 2 nitrogen and oxygen atoms in total. The van der Waals surface area contributed by atoms with Crippen molar-refractivity contribution < 1.29 is 9.53 Å². The van der Waals surface area contributed by atoms with Crippen LogP contribution in [0.25, 0.3) is 0 Å². The molecule has 2 rings (SSSR count). The van der Waals surface area contributed by atoms with E-state index in [2.05, 4.69) is 12.1 Å². The third-order valence-electron chi connectivity index (χ3n) is 3.48. The van der Waals surface area contributed by atoms with Crippen molar-refractivity contribution in [2.75, 3.05) is 0 Å². The fraction of sp³-hybridized carbons (Fsp3) is 0.533. The van der Waals surface area contributed by atoms with Crippen LogP contribution in [-0.2, 0) is 4.79 Å². The van der Waals surface area contributed by atoms with Crippen molar-refractivity contribution in [2.45, 2.75) is 51.4 Å². The van der Waals surface area contributed by atoms with Crippen LogP contribution >= 0.6 is 0 Å². The first kappa shape index (κ1) is 12.2. The third-order valence-corrected chi connectivity index (χ3v) is 3.48. The summed E-state index contributed by atoms with van der Waals surface area (Å²) in [6.45, 7) is 1.80. The van der Waals surface area contributed by atoms with Crippen LogP contribution in [0, 0.1) is 0 Å². The normalized spacial score (nSPS) is 16.8. The molecule has 2 heteroatoms. The quantitative estimate of drug-likeness (QED) is 0.580. The van der Waals surface area contributed by atoms with Gasteiger partial charge in [0.2, 0.25) is 0 Å². The average Bonchev–Trinajstić information content (AvgIpc) is 2.40. The van der Waals surface area contributed by atoms with E-state index in [1.807, 2.05) is 12.1 Å². The summed E-state index contributed by atoms with van der Waals surface area (Å²) < 4.78 is 5.17. The molecule has 1 aromatic carbocycles. The number of hydrogen-bond donors (Lipinski definition) is 0. The Morgan fingerprint density at radius 1 is 1.18 bits per heavy atom. The highest BCUT2D eigenvalue weighted by Gasteiger charge is 2.15. The number of esters is 1. The second kappa shape index (κ2) is 5.85. The molecule has 0 heterocycles. The maximum Gasteiger partial charge on any atom is 0.310 e. The molecule has 0 saturated heterocycles. The summed E-state index contributed by atoms with van der Waals surface area (Å²) in [5.41, 5.74) is 1.39. The van der Waals surface area contributed by atoms with E-state index in [1.54, 1.807) is 6.92 Å². The van der Waals surface area contributed by atoms with Crippen LogP contribution in [0.4, 0.5) is 0 Å². The van der Waals surface area contributed by atoms with Crippen molar-refractivity contribution >= 4 is 5.97 Å². The summed E-state index contributed by atoms with van der Waals surface area (Å²) in [4.78, 5) is 11.1. The van der Waals surface area contributed by atoms with E-state index in [0.717, 1.165) is 0 Å². The van der Waals surface area contributed by atoms with Gasteiger partial charge in [0.1, 0.15) is 5.75 Å². The number of ether oxygens (including phenoxy) is 1. The SMILES string of the molecule is CCC(=O)Oc1ccc(C2CCCCC2)cc1. The molecule has 0 atom stereocenters. The monoisotopic (exact) mass is 232 g/mol. The van der Waals surface area contributed by atoms with Crippen molar-refractivity contribution in [3.05, 3.63) is 29.8 Å². The number of benzene rings is 1. The molecule has 1 aromatic rings. The summed E-state index contributed by atoms with van der Waals surface area (Å²) in [6, 6.07) is 8.04. The van der Waals surface area contributed by atoms with E-state index in [-0.39, 0.29) is 5.97 Å². The minimum absolute atomic E-state index is 0.171. The van der Waals surface area contributed by atoms with Crippen molar-refractivity contribution in [1.29, 1.82) is 0 Å². The smallest absolute Gasteiger partial charge is 0.310 e. The summed E-state index contributed by atoms with van der Waals surface area (Å²) in [6.07, 6.45) is 7.09. The summed E-state index contributed by atoms with van der Waals surface area (Å²) >= 11 is 0. The van der Waals surface area contributed by atoms with Crippen molar-refractivity contribution in [3.8, 4) is 5.75 Å². The second-order valence-corrected chi connectivity index (χ2v) is 4.73. The molecule has 0 N–H and O–H groups in total. The van der Waals surface area contributed by atoms with E-state index in [1.165, 1.54) is 37.7 Å². The van der Waals surface area contributed by atoms with Gasteiger partial charge in [0, 0.05) is 6.42 Å². The lowest BCUT2D eigenvalue weighted by Crippen LogP contribution is -2.06. The lowest BCUT2D eigenvalue weighted by molar-refractivity contribution is -0.134. The zero-order valence-electron chi connectivity index (χ0n) is 10.4. The number of rotatable bonds is 3. The lowest BCUT2D eigenvalue weighted by Gasteiger charge is -2.21. The maximum atomic E-state index is 11.1. The summed E-state index contributed by atoms with van der Waals surface area (Å²) in [5.74, 6) is 1.20. The first-order valence-electron chi connectivity index (χ1n) is 6.60. The van der Waals surface area contributed by atoms with Gasteiger partial charge in [0.25, 0.3) is 0 Å². The molecule has 1 aliphatic carbocycles. The largest absolute Gasteiger partial charge is 0.427 e. The van der Waals surface area contributed by atoms with Crippen molar-refractivity contribution in [2.24, 2.45) is 0 Å². The first-order valence-corrected chi connectivity index (χ1v) is 6.60. The molecule has 0 bridgehead atoms. The minimum Gasteiger partial charge on any atom is -0.427 e. The van der Waals surface area contributed by atoms with Gasteiger partial charge in [-0.15, -0.1) is 0 Å². The van der Waals surface area contributed by atoms with Crippen molar-refractivity contribution in [1.82, 2.24) is 0 Å². The highest BCUT2D eigenvalue weighted by molar-refractivity contribution is 5.71. The van der Waals surface area contributed by atoms with Gasteiger partial charge in [-0.1, -0.05) is 38.3 Å². The number of carbonyl (C=O) groups excluding carboxylic acids is 1. The van der Waals surface area contributed by atoms with Crippen LogP contribution in [0.2, 0.25) is 0 Å². The average molecular weight is 232 g/mol.